The topological polar surface area (TPSA) is 21.3 Å². The largest absolute Gasteiger partial charge is 0.497 e. The van der Waals surface area contributed by atoms with Crippen LogP contribution in [0.3, 0.4) is 0 Å². The third-order valence-corrected chi connectivity index (χ3v) is 1.94. The van der Waals surface area contributed by atoms with Crippen LogP contribution < -0.4 is 10.1 Å². The Labute approximate surface area is 83.2 Å². The maximum atomic E-state index is 5.94. The summed E-state index contributed by atoms with van der Waals surface area (Å²) in [7, 11) is 1.63. The van der Waals surface area contributed by atoms with E-state index in [1.54, 1.807) is 19.3 Å². The molecular weight excluding hydrogens is 186 g/mol. The van der Waals surface area contributed by atoms with Gasteiger partial charge >= 0.3 is 0 Å². The molecule has 0 spiro atoms. The molecule has 0 radical (unpaired) electrons. The van der Waals surface area contributed by atoms with E-state index in [1.807, 2.05) is 12.1 Å². The van der Waals surface area contributed by atoms with Crippen molar-refractivity contribution in [2.45, 2.75) is 0 Å². The highest BCUT2D eigenvalue weighted by Crippen LogP contribution is 2.26. The van der Waals surface area contributed by atoms with Crippen LogP contribution in [0.4, 0.5) is 5.69 Å². The molecule has 1 rings (SSSR count). The van der Waals surface area contributed by atoms with Crippen molar-refractivity contribution >= 4 is 17.3 Å². The molecule has 0 saturated heterocycles. The van der Waals surface area contributed by atoms with Crippen LogP contribution in [-0.2, 0) is 0 Å². The SMILES string of the molecule is C=CCNc1cc(OC)ccc1Cl. The highest BCUT2D eigenvalue weighted by molar-refractivity contribution is 6.33. The fraction of sp³-hybridized carbons (Fsp3) is 0.200. The lowest BCUT2D eigenvalue weighted by Crippen LogP contribution is -1.98. The van der Waals surface area contributed by atoms with E-state index in [0.717, 1.165) is 11.4 Å². The van der Waals surface area contributed by atoms with Crippen molar-refractivity contribution in [2.75, 3.05) is 19.0 Å². The Balaban J connectivity index is 2.83. The number of nitrogens with one attached hydrogen (secondary N) is 1. The Morgan fingerprint density at radius 2 is 2.38 bits per heavy atom. The van der Waals surface area contributed by atoms with Crippen molar-refractivity contribution in [2.24, 2.45) is 0 Å². The molecule has 0 aliphatic heterocycles. The maximum Gasteiger partial charge on any atom is 0.121 e. The zero-order valence-corrected chi connectivity index (χ0v) is 8.27. The Morgan fingerprint density at radius 1 is 1.62 bits per heavy atom. The van der Waals surface area contributed by atoms with Gasteiger partial charge in [-0.2, -0.15) is 0 Å². The molecule has 2 nitrogen and oxygen atoms in total. The van der Waals surface area contributed by atoms with Gasteiger partial charge in [-0.25, -0.2) is 0 Å². The van der Waals surface area contributed by atoms with Gasteiger partial charge < -0.3 is 10.1 Å². The summed E-state index contributed by atoms with van der Waals surface area (Å²) in [6.45, 7) is 4.30. The second kappa shape index (κ2) is 4.77. The quantitative estimate of drug-likeness (QED) is 0.750. The Kier molecular flexibility index (Phi) is 3.65. The molecule has 70 valence electrons. The van der Waals surface area contributed by atoms with E-state index in [9.17, 15) is 0 Å². The van der Waals surface area contributed by atoms with Crippen LogP contribution in [0.1, 0.15) is 0 Å². The third kappa shape index (κ3) is 2.67. The number of hydrogen-bond acceptors (Lipinski definition) is 2. The van der Waals surface area contributed by atoms with Gasteiger partial charge in [-0.1, -0.05) is 17.7 Å². The van der Waals surface area contributed by atoms with E-state index < -0.39 is 0 Å². The summed E-state index contributed by atoms with van der Waals surface area (Å²) in [5.74, 6) is 0.788. The second-order valence-electron chi connectivity index (χ2n) is 2.52. The summed E-state index contributed by atoms with van der Waals surface area (Å²) in [5, 5.41) is 3.79. The van der Waals surface area contributed by atoms with E-state index in [4.69, 9.17) is 16.3 Å². The molecular formula is C10H12ClNO. The number of ether oxygens (including phenoxy) is 1. The zero-order valence-electron chi connectivity index (χ0n) is 7.51. The Morgan fingerprint density at radius 3 is 3.00 bits per heavy atom. The van der Waals surface area contributed by atoms with E-state index in [1.165, 1.54) is 0 Å². The Bertz CT molecular complexity index is 299. The van der Waals surface area contributed by atoms with Crippen molar-refractivity contribution in [3.63, 3.8) is 0 Å². The molecule has 3 heteroatoms. The summed E-state index contributed by atoms with van der Waals surface area (Å²) in [5.41, 5.74) is 0.862. The van der Waals surface area contributed by atoms with E-state index in [0.29, 0.717) is 11.6 Å². The fourth-order valence-electron chi connectivity index (χ4n) is 0.949. The molecule has 0 aliphatic carbocycles. The van der Waals surface area contributed by atoms with Crippen LogP contribution in [0.15, 0.2) is 30.9 Å². The predicted octanol–water partition coefficient (Wildman–Crippen LogP) is 2.95. The molecule has 0 amide bonds. The first-order valence-electron chi connectivity index (χ1n) is 3.96. The highest BCUT2D eigenvalue weighted by atomic mass is 35.5. The monoisotopic (exact) mass is 197 g/mol. The van der Waals surface area contributed by atoms with Crippen molar-refractivity contribution in [3.8, 4) is 5.75 Å². The number of halogens is 1. The summed E-state index contributed by atoms with van der Waals surface area (Å²) >= 11 is 5.94. The van der Waals surface area contributed by atoms with Gasteiger partial charge in [0.1, 0.15) is 5.75 Å². The Hall–Kier alpha value is -1.15. The molecule has 1 aromatic rings. The van der Waals surface area contributed by atoms with Gasteiger partial charge in [-0.15, -0.1) is 6.58 Å². The third-order valence-electron chi connectivity index (χ3n) is 1.61. The summed E-state index contributed by atoms with van der Waals surface area (Å²) in [6.07, 6.45) is 1.77. The molecule has 0 heterocycles. The van der Waals surface area contributed by atoms with Crippen LogP contribution in [0.5, 0.6) is 5.75 Å². The highest BCUT2D eigenvalue weighted by Gasteiger charge is 2.00. The van der Waals surface area contributed by atoms with Crippen LogP contribution >= 0.6 is 11.6 Å². The first-order valence-corrected chi connectivity index (χ1v) is 4.34. The smallest absolute Gasteiger partial charge is 0.121 e. The number of benzene rings is 1. The second-order valence-corrected chi connectivity index (χ2v) is 2.92. The lowest BCUT2D eigenvalue weighted by molar-refractivity contribution is 0.415. The molecule has 1 aromatic carbocycles. The standard InChI is InChI=1S/C10H12ClNO/c1-3-6-12-10-7-8(13-2)4-5-9(10)11/h3-5,7,12H,1,6H2,2H3. The molecule has 0 fully saturated rings. The van der Waals surface area contributed by atoms with E-state index >= 15 is 0 Å². The molecule has 0 saturated carbocycles. The van der Waals surface area contributed by atoms with Gasteiger partial charge in [-0.3, -0.25) is 0 Å². The average Bonchev–Trinajstić information content (AvgIpc) is 2.17. The molecule has 1 N–H and O–H groups in total. The normalized spacial score (nSPS) is 9.38. The fourth-order valence-corrected chi connectivity index (χ4v) is 1.13. The summed E-state index contributed by atoms with van der Waals surface area (Å²) in [6, 6.07) is 5.47. The first-order chi connectivity index (χ1) is 6.27. The number of anilines is 1. The minimum absolute atomic E-state index is 0.683. The molecule has 0 unspecified atom stereocenters. The minimum Gasteiger partial charge on any atom is -0.497 e. The minimum atomic E-state index is 0.683. The van der Waals surface area contributed by atoms with E-state index in [-0.39, 0.29) is 0 Å². The van der Waals surface area contributed by atoms with Crippen LogP contribution in [0.2, 0.25) is 5.02 Å². The van der Waals surface area contributed by atoms with Gasteiger partial charge in [0.25, 0.3) is 0 Å². The molecule has 0 aromatic heterocycles. The number of methoxy groups -OCH3 is 1. The van der Waals surface area contributed by atoms with E-state index in [2.05, 4.69) is 11.9 Å². The lowest BCUT2D eigenvalue weighted by atomic mass is 10.3. The number of hydrogen-bond donors (Lipinski definition) is 1. The van der Waals surface area contributed by atoms with Crippen LogP contribution in [0, 0.1) is 0 Å². The van der Waals surface area contributed by atoms with Crippen molar-refractivity contribution in [1.82, 2.24) is 0 Å². The number of rotatable bonds is 4. The zero-order chi connectivity index (χ0) is 9.68. The van der Waals surface area contributed by atoms with Crippen molar-refractivity contribution in [3.05, 3.63) is 35.9 Å². The van der Waals surface area contributed by atoms with Crippen LogP contribution in [0.25, 0.3) is 0 Å². The van der Waals surface area contributed by atoms with Gasteiger partial charge in [0, 0.05) is 12.6 Å². The molecule has 13 heavy (non-hydrogen) atoms. The van der Waals surface area contributed by atoms with Crippen molar-refractivity contribution < 1.29 is 4.74 Å². The average molecular weight is 198 g/mol. The lowest BCUT2D eigenvalue weighted by Gasteiger charge is -2.07. The van der Waals surface area contributed by atoms with Crippen molar-refractivity contribution in [1.29, 1.82) is 0 Å². The molecule has 0 bridgehead atoms. The maximum absolute atomic E-state index is 5.94. The summed E-state index contributed by atoms with van der Waals surface area (Å²) in [4.78, 5) is 0. The molecule has 0 atom stereocenters. The van der Waals surface area contributed by atoms with Gasteiger partial charge in [0.2, 0.25) is 0 Å². The first kappa shape index (κ1) is 9.93. The van der Waals surface area contributed by atoms with Gasteiger partial charge in [-0.05, 0) is 12.1 Å². The molecule has 0 aliphatic rings. The van der Waals surface area contributed by atoms with Crippen LogP contribution in [-0.4, -0.2) is 13.7 Å². The van der Waals surface area contributed by atoms with Gasteiger partial charge in [0.05, 0.1) is 17.8 Å². The van der Waals surface area contributed by atoms with Gasteiger partial charge in [0.15, 0.2) is 0 Å². The summed E-state index contributed by atoms with van der Waals surface area (Å²) < 4.78 is 5.07. The predicted molar refractivity (Wildman–Crippen MR) is 56.7 cm³/mol.